The van der Waals surface area contributed by atoms with Crippen molar-refractivity contribution in [3.05, 3.63) is 79.5 Å². The van der Waals surface area contributed by atoms with Crippen molar-refractivity contribution in [3.63, 3.8) is 0 Å². The zero-order chi connectivity index (χ0) is 25.2. The van der Waals surface area contributed by atoms with Gasteiger partial charge in [0.05, 0.1) is 23.2 Å². The first-order valence-electron chi connectivity index (χ1n) is 9.77. The Kier molecular flexibility index (Phi) is 8.21. The number of hydrogen-bond acceptors (Lipinski definition) is 4. The molecule has 0 atom stereocenters. The maximum absolute atomic E-state index is 12.5. The number of rotatable bonds is 7. The van der Waals surface area contributed by atoms with Gasteiger partial charge in [-0.25, -0.2) is 13.8 Å². The molecule has 3 aromatic rings. The van der Waals surface area contributed by atoms with Crippen LogP contribution in [0.2, 0.25) is 20.1 Å². The van der Waals surface area contributed by atoms with E-state index in [1.807, 2.05) is 24.5 Å². The molecule has 0 fully saturated rings. The van der Waals surface area contributed by atoms with Gasteiger partial charge in [0, 0.05) is 37.7 Å². The summed E-state index contributed by atoms with van der Waals surface area (Å²) in [5.41, 5.74) is 5.73. The van der Waals surface area contributed by atoms with Crippen LogP contribution in [0.25, 0.3) is 5.69 Å². The average molecular weight is 562 g/mol. The molecular weight excluding hydrogens is 542 g/mol. The van der Waals surface area contributed by atoms with Crippen LogP contribution < -0.4 is 9.73 Å². The lowest BCUT2D eigenvalue weighted by Crippen LogP contribution is -2.39. The second-order valence-corrected chi connectivity index (χ2v) is 11.1. The number of benzene rings is 2. The summed E-state index contributed by atoms with van der Waals surface area (Å²) in [4.78, 5) is 12.5. The highest BCUT2D eigenvalue weighted by molar-refractivity contribution is 7.92. The molecule has 0 unspecified atom stereocenters. The molecule has 0 saturated carbocycles. The third kappa shape index (κ3) is 6.25. The van der Waals surface area contributed by atoms with Crippen molar-refractivity contribution in [2.24, 2.45) is 5.10 Å². The zero-order valence-electron chi connectivity index (χ0n) is 18.3. The first-order chi connectivity index (χ1) is 15.9. The van der Waals surface area contributed by atoms with Gasteiger partial charge < -0.3 is 4.57 Å². The normalized spacial score (nSPS) is 11.7. The number of anilines is 1. The monoisotopic (exact) mass is 560 g/mol. The zero-order valence-corrected chi connectivity index (χ0v) is 22.2. The molecule has 7 nitrogen and oxygen atoms in total. The average Bonchev–Trinajstić information content (AvgIpc) is 3.00. The summed E-state index contributed by atoms with van der Waals surface area (Å²) in [5, 5.41) is 5.42. The second-order valence-electron chi connectivity index (χ2n) is 7.45. The number of hydrogen-bond donors (Lipinski definition) is 1. The predicted molar refractivity (Wildman–Crippen MR) is 140 cm³/mol. The molecule has 0 radical (unpaired) electrons. The van der Waals surface area contributed by atoms with E-state index in [1.165, 1.54) is 24.4 Å². The van der Waals surface area contributed by atoms with E-state index in [0.717, 1.165) is 33.2 Å². The highest BCUT2D eigenvalue weighted by atomic mass is 35.5. The van der Waals surface area contributed by atoms with E-state index in [9.17, 15) is 13.2 Å². The van der Waals surface area contributed by atoms with Gasteiger partial charge in [-0.15, -0.1) is 0 Å². The molecule has 0 aliphatic carbocycles. The maximum Gasteiger partial charge on any atom is 0.260 e. The molecule has 0 aliphatic heterocycles. The third-order valence-electron chi connectivity index (χ3n) is 4.83. The summed E-state index contributed by atoms with van der Waals surface area (Å²) in [7, 11) is -3.82. The van der Waals surface area contributed by atoms with Gasteiger partial charge in [0.15, 0.2) is 0 Å². The molecule has 0 saturated heterocycles. The Bertz CT molecular complexity index is 1370. The number of nitrogens with zero attached hydrogens (tertiary/aromatic N) is 3. The van der Waals surface area contributed by atoms with Crippen molar-refractivity contribution in [3.8, 4) is 5.69 Å². The molecule has 0 aliphatic rings. The number of sulfonamides is 1. The molecule has 2 aromatic carbocycles. The Morgan fingerprint density at radius 2 is 1.68 bits per heavy atom. The third-order valence-corrected chi connectivity index (χ3v) is 6.95. The molecule has 3 rings (SSSR count). The number of carbonyl (C=O) groups excluding carboxylic acids is 1. The predicted octanol–water partition coefficient (Wildman–Crippen LogP) is 5.62. The van der Waals surface area contributed by atoms with Crippen LogP contribution in [-0.4, -0.2) is 37.9 Å². The number of amides is 1. The van der Waals surface area contributed by atoms with E-state index >= 15 is 0 Å². The summed E-state index contributed by atoms with van der Waals surface area (Å²) < 4.78 is 27.4. The van der Waals surface area contributed by atoms with Crippen molar-refractivity contribution in [1.82, 2.24) is 9.99 Å². The Hall–Kier alpha value is -2.23. The molecule has 1 amide bonds. The van der Waals surface area contributed by atoms with Crippen molar-refractivity contribution in [2.75, 3.05) is 17.1 Å². The Balaban J connectivity index is 1.79. The van der Waals surface area contributed by atoms with Crippen molar-refractivity contribution < 1.29 is 13.2 Å². The number of aryl methyl sites for hydroxylation is 1. The minimum absolute atomic E-state index is 0.0968. The summed E-state index contributed by atoms with van der Waals surface area (Å²) >= 11 is 24.4. The smallest absolute Gasteiger partial charge is 0.260 e. The van der Waals surface area contributed by atoms with Crippen LogP contribution >= 0.6 is 46.4 Å². The number of hydrazone groups is 1. The Labute approximate surface area is 217 Å². The van der Waals surface area contributed by atoms with Crippen LogP contribution in [0.5, 0.6) is 0 Å². The number of aromatic nitrogens is 1. The molecular formula is C22H20Cl4N4O3S. The van der Waals surface area contributed by atoms with Crippen LogP contribution in [0.4, 0.5) is 5.69 Å². The SMILES string of the molecule is Cc1cc(/C=N\NC(=O)CN(c2cc(Cl)ccc2Cl)S(C)(=O)=O)c(C)n1-c1cc(Cl)cc(Cl)c1. The van der Waals surface area contributed by atoms with Gasteiger partial charge >= 0.3 is 0 Å². The number of halogens is 4. The summed E-state index contributed by atoms with van der Waals surface area (Å²) in [6.07, 6.45) is 2.44. The standard InChI is InChI=1S/C22H20Cl4N4O3S/c1-13-6-15(14(2)30(13)19-8-17(24)7-18(25)9-19)11-27-28-22(31)12-29(34(3,32)33)21-10-16(23)4-5-20(21)26/h4-11H,12H2,1-3H3,(H,28,31)/b27-11-. The van der Waals surface area contributed by atoms with E-state index < -0.39 is 22.5 Å². The van der Waals surface area contributed by atoms with Gasteiger partial charge in [-0.2, -0.15) is 5.10 Å². The van der Waals surface area contributed by atoms with Gasteiger partial charge in [0.1, 0.15) is 6.54 Å². The topological polar surface area (TPSA) is 83.8 Å². The largest absolute Gasteiger partial charge is 0.318 e. The second kappa shape index (κ2) is 10.6. The van der Waals surface area contributed by atoms with Crippen molar-refractivity contribution in [2.45, 2.75) is 13.8 Å². The van der Waals surface area contributed by atoms with Gasteiger partial charge in [-0.3, -0.25) is 9.10 Å². The lowest BCUT2D eigenvalue weighted by Gasteiger charge is -2.22. The fourth-order valence-electron chi connectivity index (χ4n) is 3.38. The van der Waals surface area contributed by atoms with Crippen LogP contribution in [-0.2, 0) is 14.8 Å². The van der Waals surface area contributed by atoms with Gasteiger partial charge in [0.2, 0.25) is 10.0 Å². The Morgan fingerprint density at radius 1 is 1.03 bits per heavy atom. The highest BCUT2D eigenvalue weighted by Gasteiger charge is 2.23. The van der Waals surface area contributed by atoms with E-state index in [1.54, 1.807) is 18.2 Å². The van der Waals surface area contributed by atoms with E-state index in [0.29, 0.717) is 10.0 Å². The lowest BCUT2D eigenvalue weighted by atomic mass is 10.2. The molecule has 1 N–H and O–H groups in total. The molecule has 0 bridgehead atoms. The molecule has 180 valence electrons. The molecule has 1 aromatic heterocycles. The van der Waals surface area contributed by atoms with E-state index in [2.05, 4.69) is 10.5 Å². The van der Waals surface area contributed by atoms with Crippen LogP contribution in [0.3, 0.4) is 0 Å². The maximum atomic E-state index is 12.5. The number of carbonyl (C=O) groups is 1. The fourth-order valence-corrected chi connectivity index (χ4v) is 5.19. The lowest BCUT2D eigenvalue weighted by molar-refractivity contribution is -0.119. The summed E-state index contributed by atoms with van der Waals surface area (Å²) in [5.74, 6) is -0.659. The molecule has 0 spiro atoms. The Morgan fingerprint density at radius 3 is 2.29 bits per heavy atom. The van der Waals surface area contributed by atoms with Gasteiger partial charge in [-0.05, 0) is 56.3 Å². The van der Waals surface area contributed by atoms with E-state index in [-0.39, 0.29) is 15.7 Å². The van der Waals surface area contributed by atoms with Gasteiger partial charge in [0.25, 0.3) is 5.91 Å². The number of nitrogens with one attached hydrogen (secondary N) is 1. The molecule has 1 heterocycles. The van der Waals surface area contributed by atoms with Crippen LogP contribution in [0.1, 0.15) is 17.0 Å². The van der Waals surface area contributed by atoms with Gasteiger partial charge in [-0.1, -0.05) is 46.4 Å². The van der Waals surface area contributed by atoms with E-state index in [4.69, 9.17) is 46.4 Å². The van der Waals surface area contributed by atoms with Crippen molar-refractivity contribution in [1.29, 1.82) is 0 Å². The quantitative estimate of drug-likeness (QED) is 0.300. The minimum Gasteiger partial charge on any atom is -0.318 e. The first-order valence-corrected chi connectivity index (χ1v) is 13.1. The van der Waals surface area contributed by atoms with Crippen LogP contribution in [0, 0.1) is 13.8 Å². The highest BCUT2D eigenvalue weighted by Crippen LogP contribution is 2.30. The van der Waals surface area contributed by atoms with Crippen LogP contribution in [0.15, 0.2) is 47.6 Å². The minimum atomic E-state index is -3.82. The van der Waals surface area contributed by atoms with Crippen molar-refractivity contribution >= 4 is 74.2 Å². The summed E-state index contributed by atoms with van der Waals surface area (Å²) in [6, 6.07) is 11.5. The fraction of sp³-hybridized carbons (Fsp3) is 0.182. The molecule has 12 heteroatoms. The first kappa shape index (κ1) is 26.4. The summed E-state index contributed by atoms with van der Waals surface area (Å²) in [6.45, 7) is 3.27. The molecule has 34 heavy (non-hydrogen) atoms.